The van der Waals surface area contributed by atoms with Gasteiger partial charge in [0.1, 0.15) is 0 Å². The predicted molar refractivity (Wildman–Crippen MR) is 122 cm³/mol. The van der Waals surface area contributed by atoms with Crippen molar-refractivity contribution in [3.63, 3.8) is 0 Å². The Morgan fingerprint density at radius 2 is 1.41 bits per heavy atom. The molecule has 1 saturated heterocycles. The summed E-state index contributed by atoms with van der Waals surface area (Å²) in [7, 11) is 0. The van der Waals surface area contributed by atoms with Crippen LogP contribution >= 0.6 is 23.2 Å². The molecule has 4 rings (SSSR count). The van der Waals surface area contributed by atoms with Crippen LogP contribution in [0.3, 0.4) is 0 Å². The molecule has 0 spiro atoms. The highest BCUT2D eigenvalue weighted by atomic mass is 35.5. The van der Waals surface area contributed by atoms with Crippen molar-refractivity contribution >= 4 is 29.3 Å². The van der Waals surface area contributed by atoms with Crippen molar-refractivity contribution in [2.24, 2.45) is 0 Å². The van der Waals surface area contributed by atoms with Crippen LogP contribution in [0.1, 0.15) is 24.1 Å². The Bertz CT molecular complexity index is 1020. The van der Waals surface area contributed by atoms with Gasteiger partial charge in [-0.15, -0.1) is 4.73 Å². The zero-order valence-electron chi connectivity index (χ0n) is 17.4. The van der Waals surface area contributed by atoms with Crippen molar-refractivity contribution in [1.29, 1.82) is 0 Å². The third-order valence-corrected chi connectivity index (χ3v) is 6.11. The van der Waals surface area contributed by atoms with Crippen molar-refractivity contribution in [1.82, 2.24) is 14.5 Å². The van der Waals surface area contributed by atoms with Gasteiger partial charge in [-0.05, 0) is 42.3 Å². The Hall–Kier alpha value is -2.87. The molecular weight excluding hydrogens is 453 g/mol. The number of aromatic hydroxyl groups is 2. The molecule has 7 nitrogen and oxygen atoms in total. The molecule has 32 heavy (non-hydrogen) atoms. The zero-order chi connectivity index (χ0) is 22.8. The van der Waals surface area contributed by atoms with Crippen molar-refractivity contribution in [3.05, 3.63) is 81.8 Å². The molecule has 2 N–H and O–H groups in total. The molecule has 1 aliphatic heterocycles. The van der Waals surface area contributed by atoms with Crippen molar-refractivity contribution in [3.8, 4) is 11.8 Å². The lowest BCUT2D eigenvalue weighted by molar-refractivity contribution is 0.0321. The first-order chi connectivity index (χ1) is 15.3. The summed E-state index contributed by atoms with van der Waals surface area (Å²) in [5, 5.41) is 20.8. The van der Waals surface area contributed by atoms with Gasteiger partial charge in [-0.3, -0.25) is 4.90 Å². The normalized spacial score (nSPS) is 17.0. The summed E-state index contributed by atoms with van der Waals surface area (Å²) >= 11 is 12.2. The number of aromatic nitrogens is 1. The second kappa shape index (κ2) is 9.32. The number of hydrogen-bond acceptors (Lipinski definition) is 5. The number of rotatable bonds is 4. The summed E-state index contributed by atoms with van der Waals surface area (Å²) < 4.78 is 0.698. The summed E-state index contributed by atoms with van der Waals surface area (Å²) in [5.41, 5.74) is 2.17. The average molecular weight is 476 g/mol. The van der Waals surface area contributed by atoms with E-state index in [4.69, 9.17) is 28.0 Å². The largest absolute Gasteiger partial charge is 0.492 e. The van der Waals surface area contributed by atoms with Gasteiger partial charge in [0, 0.05) is 47.9 Å². The molecule has 0 radical (unpaired) electrons. The zero-order valence-corrected chi connectivity index (χ0v) is 18.9. The molecule has 1 fully saturated rings. The maximum atomic E-state index is 12.6. The number of piperazine rings is 1. The summed E-state index contributed by atoms with van der Waals surface area (Å²) in [6.07, 6.45) is -0.646. The van der Waals surface area contributed by atoms with Gasteiger partial charge in [0.2, 0.25) is 11.8 Å². The minimum Gasteiger partial charge on any atom is -0.492 e. The van der Waals surface area contributed by atoms with Crippen LogP contribution in [0.4, 0.5) is 4.79 Å². The fourth-order valence-corrected chi connectivity index (χ4v) is 4.27. The van der Waals surface area contributed by atoms with Crippen molar-refractivity contribution in [2.45, 2.75) is 19.0 Å². The van der Waals surface area contributed by atoms with Gasteiger partial charge in [-0.25, -0.2) is 4.79 Å². The Labute approximate surface area is 195 Å². The lowest BCUT2D eigenvalue weighted by Crippen LogP contribution is -2.55. The van der Waals surface area contributed by atoms with E-state index in [0.29, 0.717) is 34.4 Å². The quantitative estimate of drug-likeness (QED) is 0.578. The number of nitrogens with zero attached hydrogens (tertiary/aromatic N) is 3. The minimum atomic E-state index is -0.646. The Morgan fingerprint density at radius 1 is 0.906 bits per heavy atom. The van der Waals surface area contributed by atoms with Crippen molar-refractivity contribution < 1.29 is 19.8 Å². The van der Waals surface area contributed by atoms with Crippen LogP contribution in [0, 0.1) is 0 Å². The summed E-state index contributed by atoms with van der Waals surface area (Å²) in [4.78, 5) is 21.6. The molecule has 3 aromatic rings. The van der Waals surface area contributed by atoms with Gasteiger partial charge in [0.05, 0.1) is 6.04 Å². The van der Waals surface area contributed by atoms with Crippen molar-refractivity contribution in [2.75, 3.05) is 19.6 Å². The topological polar surface area (TPSA) is 78.2 Å². The molecule has 1 atom stereocenters. The first kappa shape index (κ1) is 22.3. The smallest absolute Gasteiger partial charge is 0.434 e. The summed E-state index contributed by atoms with van der Waals surface area (Å²) in [5.74, 6) is -0.707. The maximum absolute atomic E-state index is 12.6. The Balaban J connectivity index is 1.54. The Kier molecular flexibility index (Phi) is 6.50. The van der Waals surface area contributed by atoms with Crippen LogP contribution in [0.2, 0.25) is 10.0 Å². The fourth-order valence-electron chi connectivity index (χ4n) is 4.02. The van der Waals surface area contributed by atoms with Gasteiger partial charge >= 0.3 is 6.09 Å². The SMILES string of the molecule is CC1CN(C(=O)On2c(O)ccc2O)CCN1C(c1ccc(Cl)cc1)c1ccc(Cl)cc1. The molecule has 168 valence electrons. The number of amides is 1. The van der Waals surface area contributed by atoms with Crippen LogP contribution in [-0.4, -0.2) is 56.5 Å². The van der Waals surface area contributed by atoms with Gasteiger partial charge < -0.3 is 20.0 Å². The molecular formula is C23H23Cl2N3O4. The maximum Gasteiger partial charge on any atom is 0.434 e. The number of carbonyl (C=O) groups excluding carboxylic acids is 1. The van der Waals surface area contributed by atoms with Crippen LogP contribution in [0.25, 0.3) is 0 Å². The van der Waals surface area contributed by atoms with E-state index in [1.165, 1.54) is 12.1 Å². The molecule has 1 amide bonds. The first-order valence-electron chi connectivity index (χ1n) is 10.2. The molecule has 0 aliphatic carbocycles. The second-order valence-electron chi connectivity index (χ2n) is 7.74. The van der Waals surface area contributed by atoms with E-state index in [0.717, 1.165) is 11.1 Å². The van der Waals surface area contributed by atoms with E-state index in [1.807, 2.05) is 55.5 Å². The van der Waals surface area contributed by atoms with E-state index >= 15 is 0 Å². The highest BCUT2D eigenvalue weighted by molar-refractivity contribution is 6.30. The molecule has 0 saturated carbocycles. The fraction of sp³-hybridized carbons (Fsp3) is 0.261. The molecule has 1 aromatic heterocycles. The number of benzene rings is 2. The monoisotopic (exact) mass is 475 g/mol. The molecule has 0 bridgehead atoms. The second-order valence-corrected chi connectivity index (χ2v) is 8.61. The average Bonchev–Trinajstić information content (AvgIpc) is 3.09. The van der Waals surface area contributed by atoms with Gasteiger partial charge in [-0.2, -0.15) is 0 Å². The minimum absolute atomic E-state index is 0.000452. The van der Waals surface area contributed by atoms with Crippen LogP contribution in [0.5, 0.6) is 11.8 Å². The van der Waals surface area contributed by atoms with Gasteiger partial charge in [0.25, 0.3) is 0 Å². The van der Waals surface area contributed by atoms with E-state index in [2.05, 4.69) is 4.90 Å². The molecule has 2 aromatic carbocycles. The third kappa shape index (κ3) is 4.65. The lowest BCUT2D eigenvalue weighted by atomic mass is 9.95. The summed E-state index contributed by atoms with van der Waals surface area (Å²) in [6.45, 7) is 3.47. The van der Waals surface area contributed by atoms with Crippen LogP contribution in [-0.2, 0) is 0 Å². The Morgan fingerprint density at radius 3 is 1.88 bits per heavy atom. The highest BCUT2D eigenvalue weighted by Crippen LogP contribution is 2.33. The molecule has 1 aliphatic rings. The highest BCUT2D eigenvalue weighted by Gasteiger charge is 2.34. The van der Waals surface area contributed by atoms with Crippen LogP contribution in [0.15, 0.2) is 60.7 Å². The van der Waals surface area contributed by atoms with Gasteiger partial charge in [0.15, 0.2) is 0 Å². The van der Waals surface area contributed by atoms with E-state index in [-0.39, 0.29) is 23.8 Å². The van der Waals surface area contributed by atoms with E-state index < -0.39 is 6.09 Å². The summed E-state index contributed by atoms with van der Waals surface area (Å²) in [6, 6.07) is 17.9. The third-order valence-electron chi connectivity index (χ3n) is 5.61. The number of carbonyl (C=O) groups is 1. The molecule has 9 heteroatoms. The molecule has 2 heterocycles. The van der Waals surface area contributed by atoms with E-state index in [1.54, 1.807) is 4.90 Å². The lowest BCUT2D eigenvalue weighted by Gasteiger charge is -2.43. The van der Waals surface area contributed by atoms with Crippen LogP contribution < -0.4 is 4.84 Å². The van der Waals surface area contributed by atoms with E-state index in [9.17, 15) is 15.0 Å². The standard InChI is InChI=1S/C23H23Cl2N3O4/c1-15-14-26(23(31)32-28-20(29)10-11-21(28)30)12-13-27(15)22(16-2-6-18(24)7-3-16)17-4-8-19(25)9-5-17/h2-11,15,22,29-30H,12-14H2,1H3. The van der Waals surface area contributed by atoms with Gasteiger partial charge in [-0.1, -0.05) is 47.5 Å². The number of halogens is 2. The number of hydrogen-bond donors (Lipinski definition) is 2. The first-order valence-corrected chi connectivity index (χ1v) is 10.9. The predicted octanol–water partition coefficient (Wildman–Crippen LogP) is 4.55. The molecule has 1 unspecified atom stereocenters.